The quantitative estimate of drug-likeness (QED) is 0.168. The van der Waals surface area contributed by atoms with Gasteiger partial charge in [-0.3, -0.25) is 4.57 Å². The molecule has 0 saturated heterocycles. The topological polar surface area (TPSA) is 53.7 Å². The predicted octanol–water partition coefficient (Wildman–Crippen LogP) is 14.4. The molecule has 0 aliphatic carbocycles. The van der Waals surface area contributed by atoms with Crippen LogP contribution in [0.25, 0.3) is 117 Å². The number of benzene rings is 9. The summed E-state index contributed by atoms with van der Waals surface area (Å²) in [7, 11) is 0. The van der Waals surface area contributed by atoms with Crippen LogP contribution in [0.3, 0.4) is 0 Å². The van der Waals surface area contributed by atoms with Crippen molar-refractivity contribution in [3.63, 3.8) is 0 Å². The number of nitrogens with zero attached hydrogens (tertiary/aromatic N) is 5. The lowest BCUT2D eigenvalue weighted by atomic mass is 10.0. The zero-order valence-corrected chi connectivity index (χ0v) is 33.4. The number of para-hydroxylation sites is 5. The van der Waals surface area contributed by atoms with Crippen molar-refractivity contribution < 1.29 is 4.42 Å². The van der Waals surface area contributed by atoms with Gasteiger partial charge in [0.15, 0.2) is 11.6 Å². The van der Waals surface area contributed by atoms with E-state index < -0.39 is 0 Å². The molecule has 0 aliphatic rings. The van der Waals surface area contributed by atoms with Crippen LogP contribution in [0.2, 0.25) is 0 Å². The molecule has 0 unspecified atom stereocenters. The highest BCUT2D eigenvalue weighted by Crippen LogP contribution is 2.44. The molecule has 0 amide bonds. The van der Waals surface area contributed by atoms with Gasteiger partial charge in [0.1, 0.15) is 11.2 Å². The highest BCUT2D eigenvalue weighted by Gasteiger charge is 2.24. The Kier molecular flexibility index (Phi) is 7.50. The van der Waals surface area contributed by atoms with Gasteiger partial charge in [0.25, 0.3) is 0 Å². The van der Waals surface area contributed by atoms with E-state index in [2.05, 4.69) is 184 Å². The van der Waals surface area contributed by atoms with Crippen molar-refractivity contribution in [2.75, 3.05) is 0 Å². The average molecular weight is 794 g/mol. The van der Waals surface area contributed by atoms with Gasteiger partial charge in [-0.1, -0.05) is 152 Å². The van der Waals surface area contributed by atoms with Crippen molar-refractivity contribution in [3.8, 4) is 51.0 Å². The lowest BCUT2D eigenvalue weighted by molar-refractivity contribution is 0.669. The van der Waals surface area contributed by atoms with Gasteiger partial charge in [-0.25, -0.2) is 0 Å². The summed E-state index contributed by atoms with van der Waals surface area (Å²) in [6.07, 6.45) is 0. The number of hydrogen-bond donors (Lipinski definition) is 0. The molecule has 4 heterocycles. The molecule has 0 spiro atoms. The first-order valence-corrected chi connectivity index (χ1v) is 20.9. The van der Waals surface area contributed by atoms with Gasteiger partial charge in [0, 0.05) is 49.2 Å². The van der Waals surface area contributed by atoms with E-state index in [1.54, 1.807) is 0 Å². The SMILES string of the molecule is c1ccc(-c2nnc(-c3ccccc3)n2-c2ccc3c(c2)c2ccccc2n3-c2ccccc2-c2ccccc2-n2c3ccccc3c3ccc4oc5ccccc5c4c32)cc1. The molecule has 13 aromatic rings. The monoisotopic (exact) mass is 793 g/mol. The minimum absolute atomic E-state index is 0.792. The molecule has 13 rings (SSSR count). The fraction of sp³-hybridized carbons (Fsp3) is 0. The molecule has 4 aromatic heterocycles. The van der Waals surface area contributed by atoms with Gasteiger partial charge in [-0.15, -0.1) is 10.2 Å². The highest BCUT2D eigenvalue weighted by atomic mass is 16.3. The summed E-state index contributed by atoms with van der Waals surface area (Å²) in [5, 5.41) is 16.5. The van der Waals surface area contributed by atoms with E-state index >= 15 is 0 Å². The maximum absolute atomic E-state index is 6.48. The summed E-state index contributed by atoms with van der Waals surface area (Å²) >= 11 is 0. The Morgan fingerprint density at radius 3 is 1.53 bits per heavy atom. The molecule has 0 atom stereocenters. The molecule has 0 N–H and O–H groups in total. The van der Waals surface area contributed by atoms with Crippen LogP contribution in [0.15, 0.2) is 217 Å². The standard InChI is InChI=1S/C56H35N5O/c1-3-17-36(18-4-1)55-57-58-56(37-19-5-2-6-20-37)59(55)38-31-33-50-45(35-38)42-24-10-13-27-47(42)60(50)46-26-12-7-21-39(46)40-22-8-14-28-48(40)61-49-29-15-9-23-41(49)43-32-34-52-53(54(43)61)44-25-11-16-30-51(44)62-52/h1-35H. The number of hydrogen-bond acceptors (Lipinski definition) is 3. The van der Waals surface area contributed by atoms with Crippen LogP contribution in [0.5, 0.6) is 0 Å². The molecule has 0 saturated carbocycles. The molecule has 290 valence electrons. The largest absolute Gasteiger partial charge is 0.456 e. The van der Waals surface area contributed by atoms with Crippen molar-refractivity contribution in [2.24, 2.45) is 0 Å². The zero-order valence-electron chi connectivity index (χ0n) is 33.4. The molecule has 6 heteroatoms. The van der Waals surface area contributed by atoms with E-state index in [0.717, 1.165) is 100 Å². The van der Waals surface area contributed by atoms with Crippen LogP contribution in [-0.4, -0.2) is 23.9 Å². The molecule has 6 nitrogen and oxygen atoms in total. The molecule has 0 aliphatic heterocycles. The molecular formula is C56H35N5O. The van der Waals surface area contributed by atoms with Crippen LogP contribution in [-0.2, 0) is 0 Å². The van der Waals surface area contributed by atoms with Crippen LogP contribution in [0.4, 0.5) is 0 Å². The van der Waals surface area contributed by atoms with E-state index in [1.165, 1.54) is 16.2 Å². The third-order valence-electron chi connectivity index (χ3n) is 12.4. The summed E-state index contributed by atoms with van der Waals surface area (Å²) in [6, 6.07) is 75.2. The van der Waals surface area contributed by atoms with Gasteiger partial charge >= 0.3 is 0 Å². The maximum atomic E-state index is 6.48. The maximum Gasteiger partial charge on any atom is 0.168 e. The van der Waals surface area contributed by atoms with Gasteiger partial charge in [0.2, 0.25) is 0 Å². The second-order valence-corrected chi connectivity index (χ2v) is 15.8. The van der Waals surface area contributed by atoms with Crippen LogP contribution >= 0.6 is 0 Å². The molecule has 0 fully saturated rings. The van der Waals surface area contributed by atoms with Crippen molar-refractivity contribution in [1.29, 1.82) is 0 Å². The minimum atomic E-state index is 0.792. The Morgan fingerprint density at radius 1 is 0.339 bits per heavy atom. The lowest BCUT2D eigenvalue weighted by Crippen LogP contribution is -2.02. The van der Waals surface area contributed by atoms with E-state index in [1.807, 2.05) is 42.5 Å². The number of fused-ring (bicyclic) bond motifs is 10. The number of furan rings is 1. The van der Waals surface area contributed by atoms with Crippen molar-refractivity contribution in [1.82, 2.24) is 23.9 Å². The Balaban J connectivity index is 1.05. The molecule has 62 heavy (non-hydrogen) atoms. The Bertz CT molecular complexity index is 3810. The van der Waals surface area contributed by atoms with E-state index in [0.29, 0.717) is 0 Å². The van der Waals surface area contributed by atoms with Gasteiger partial charge in [0.05, 0.1) is 44.5 Å². The van der Waals surface area contributed by atoms with Gasteiger partial charge < -0.3 is 13.6 Å². The summed E-state index contributed by atoms with van der Waals surface area (Å²) in [5.74, 6) is 1.58. The van der Waals surface area contributed by atoms with Crippen LogP contribution < -0.4 is 0 Å². The number of rotatable bonds is 6. The van der Waals surface area contributed by atoms with Crippen molar-refractivity contribution >= 4 is 65.6 Å². The summed E-state index contributed by atoms with van der Waals surface area (Å²) in [4.78, 5) is 0. The van der Waals surface area contributed by atoms with E-state index in [4.69, 9.17) is 14.6 Å². The van der Waals surface area contributed by atoms with Crippen molar-refractivity contribution in [2.45, 2.75) is 0 Å². The Hall–Kier alpha value is -8.48. The second kappa shape index (κ2) is 13.5. The fourth-order valence-corrected chi connectivity index (χ4v) is 9.74. The predicted molar refractivity (Wildman–Crippen MR) is 254 cm³/mol. The number of aromatic nitrogens is 5. The fourth-order valence-electron chi connectivity index (χ4n) is 9.74. The molecule has 0 radical (unpaired) electrons. The third kappa shape index (κ3) is 5.04. The molecule has 9 aromatic carbocycles. The average Bonchev–Trinajstić information content (AvgIpc) is 4.11. The summed E-state index contributed by atoms with van der Waals surface area (Å²) in [5.41, 5.74) is 13.7. The van der Waals surface area contributed by atoms with Gasteiger partial charge in [-0.2, -0.15) is 0 Å². The normalized spacial score (nSPS) is 11.9. The van der Waals surface area contributed by atoms with Crippen molar-refractivity contribution in [3.05, 3.63) is 212 Å². The second-order valence-electron chi connectivity index (χ2n) is 15.8. The van der Waals surface area contributed by atoms with Gasteiger partial charge in [-0.05, 0) is 60.7 Å². The van der Waals surface area contributed by atoms with Crippen LogP contribution in [0, 0.1) is 0 Å². The Morgan fingerprint density at radius 2 is 0.855 bits per heavy atom. The smallest absolute Gasteiger partial charge is 0.168 e. The third-order valence-corrected chi connectivity index (χ3v) is 12.4. The van der Waals surface area contributed by atoms with E-state index in [9.17, 15) is 0 Å². The highest BCUT2D eigenvalue weighted by molar-refractivity contribution is 6.24. The zero-order chi connectivity index (χ0) is 40.7. The minimum Gasteiger partial charge on any atom is -0.456 e. The van der Waals surface area contributed by atoms with Crippen LogP contribution in [0.1, 0.15) is 0 Å². The molecular weight excluding hydrogens is 759 g/mol. The first-order valence-electron chi connectivity index (χ1n) is 20.9. The molecule has 0 bridgehead atoms. The Labute approximate surface area is 355 Å². The summed E-state index contributed by atoms with van der Waals surface area (Å²) < 4.78 is 13.5. The summed E-state index contributed by atoms with van der Waals surface area (Å²) in [6.45, 7) is 0. The first-order chi connectivity index (χ1) is 30.8. The first kappa shape index (κ1) is 34.4. The van der Waals surface area contributed by atoms with E-state index in [-0.39, 0.29) is 0 Å². The lowest BCUT2D eigenvalue weighted by Gasteiger charge is -2.18.